The molecular formula is C13H29NO2. The Bertz CT molecular complexity index is 143. The molecule has 0 aromatic rings. The first-order valence-electron chi connectivity index (χ1n) is 6.48. The average molecular weight is 231 g/mol. The number of unbranched alkanes of at least 4 members (excludes halogenated alkanes) is 2. The van der Waals surface area contributed by atoms with Crippen molar-refractivity contribution in [2.45, 2.75) is 52.6 Å². The predicted molar refractivity (Wildman–Crippen MR) is 68.9 cm³/mol. The van der Waals surface area contributed by atoms with Gasteiger partial charge in [-0.1, -0.05) is 6.92 Å². The van der Waals surface area contributed by atoms with Crippen LogP contribution in [0.2, 0.25) is 0 Å². The van der Waals surface area contributed by atoms with Gasteiger partial charge in [-0.25, -0.2) is 0 Å². The molecule has 3 nitrogen and oxygen atoms in total. The highest BCUT2D eigenvalue weighted by Gasteiger charge is 2.08. The Labute approximate surface area is 101 Å². The molecule has 0 saturated heterocycles. The van der Waals surface area contributed by atoms with E-state index in [1.54, 1.807) is 0 Å². The van der Waals surface area contributed by atoms with Crippen LogP contribution in [0.1, 0.15) is 47.0 Å². The van der Waals surface area contributed by atoms with Crippen LogP contribution >= 0.6 is 0 Å². The van der Waals surface area contributed by atoms with E-state index >= 15 is 0 Å². The van der Waals surface area contributed by atoms with E-state index in [-0.39, 0.29) is 5.60 Å². The maximum absolute atomic E-state index is 5.55. The van der Waals surface area contributed by atoms with E-state index in [1.807, 2.05) is 0 Å². The molecule has 0 aromatic carbocycles. The Morgan fingerprint density at radius 3 is 2.31 bits per heavy atom. The molecule has 0 rings (SSSR count). The molecule has 0 aliphatic rings. The Hall–Kier alpha value is -0.120. The van der Waals surface area contributed by atoms with Crippen molar-refractivity contribution in [3.63, 3.8) is 0 Å². The van der Waals surface area contributed by atoms with E-state index in [4.69, 9.17) is 9.47 Å². The largest absolute Gasteiger partial charge is 0.379 e. The first kappa shape index (κ1) is 15.9. The van der Waals surface area contributed by atoms with Crippen molar-refractivity contribution in [3.8, 4) is 0 Å². The zero-order valence-corrected chi connectivity index (χ0v) is 11.5. The molecule has 0 amide bonds. The Kier molecular flexibility index (Phi) is 9.99. The highest BCUT2D eigenvalue weighted by atomic mass is 16.5. The number of hydrogen-bond acceptors (Lipinski definition) is 3. The maximum Gasteiger partial charge on any atom is 0.0707 e. The van der Waals surface area contributed by atoms with Crippen molar-refractivity contribution in [1.82, 2.24) is 5.32 Å². The lowest BCUT2D eigenvalue weighted by molar-refractivity contribution is -0.0351. The molecule has 0 radical (unpaired) electrons. The van der Waals surface area contributed by atoms with Crippen molar-refractivity contribution in [3.05, 3.63) is 0 Å². The van der Waals surface area contributed by atoms with Crippen LogP contribution in [0.15, 0.2) is 0 Å². The van der Waals surface area contributed by atoms with E-state index in [0.717, 1.165) is 26.1 Å². The molecule has 16 heavy (non-hydrogen) atoms. The fourth-order valence-corrected chi connectivity index (χ4v) is 1.32. The first-order chi connectivity index (χ1) is 7.56. The minimum atomic E-state index is -0.0464. The van der Waals surface area contributed by atoms with Gasteiger partial charge in [0.15, 0.2) is 0 Å². The lowest BCUT2D eigenvalue weighted by atomic mass is 10.2. The van der Waals surface area contributed by atoms with Gasteiger partial charge in [-0.05, 0) is 53.1 Å². The van der Waals surface area contributed by atoms with Crippen LogP contribution in [0.4, 0.5) is 0 Å². The first-order valence-corrected chi connectivity index (χ1v) is 6.48. The van der Waals surface area contributed by atoms with Gasteiger partial charge >= 0.3 is 0 Å². The van der Waals surface area contributed by atoms with Crippen molar-refractivity contribution in [2.75, 3.05) is 32.9 Å². The summed E-state index contributed by atoms with van der Waals surface area (Å²) in [4.78, 5) is 0. The van der Waals surface area contributed by atoms with Crippen LogP contribution < -0.4 is 5.32 Å². The molecule has 0 aromatic heterocycles. The van der Waals surface area contributed by atoms with Crippen LogP contribution in [0.3, 0.4) is 0 Å². The Balaban J connectivity index is 2.99. The van der Waals surface area contributed by atoms with Gasteiger partial charge in [-0.15, -0.1) is 0 Å². The summed E-state index contributed by atoms with van der Waals surface area (Å²) >= 11 is 0. The third-order valence-electron chi connectivity index (χ3n) is 2.15. The summed E-state index contributed by atoms with van der Waals surface area (Å²) in [5.41, 5.74) is -0.0464. The van der Waals surface area contributed by atoms with E-state index in [9.17, 15) is 0 Å². The van der Waals surface area contributed by atoms with Gasteiger partial charge in [-0.2, -0.15) is 0 Å². The lowest BCUT2D eigenvalue weighted by Gasteiger charge is -2.19. The van der Waals surface area contributed by atoms with Crippen molar-refractivity contribution >= 4 is 0 Å². The zero-order valence-electron chi connectivity index (χ0n) is 11.5. The highest BCUT2D eigenvalue weighted by Crippen LogP contribution is 2.05. The van der Waals surface area contributed by atoms with Gasteiger partial charge in [0, 0.05) is 6.61 Å². The fourth-order valence-electron chi connectivity index (χ4n) is 1.32. The molecule has 0 unspecified atom stereocenters. The van der Waals surface area contributed by atoms with Gasteiger partial charge in [0.25, 0.3) is 0 Å². The molecule has 0 aliphatic heterocycles. The average Bonchev–Trinajstić information content (AvgIpc) is 2.19. The van der Waals surface area contributed by atoms with Crippen LogP contribution in [-0.2, 0) is 9.47 Å². The number of hydrogen-bond donors (Lipinski definition) is 1. The summed E-state index contributed by atoms with van der Waals surface area (Å²) in [6, 6.07) is 0. The third kappa shape index (κ3) is 13.9. The second-order valence-electron chi connectivity index (χ2n) is 4.99. The van der Waals surface area contributed by atoms with Crippen LogP contribution in [0.5, 0.6) is 0 Å². The monoisotopic (exact) mass is 231 g/mol. The van der Waals surface area contributed by atoms with Crippen molar-refractivity contribution in [1.29, 1.82) is 0 Å². The molecule has 98 valence electrons. The molecule has 0 saturated carbocycles. The summed E-state index contributed by atoms with van der Waals surface area (Å²) in [5, 5.41) is 3.32. The van der Waals surface area contributed by atoms with E-state index in [2.05, 4.69) is 33.0 Å². The van der Waals surface area contributed by atoms with Gasteiger partial charge in [0.2, 0.25) is 0 Å². The Morgan fingerprint density at radius 1 is 0.938 bits per heavy atom. The second-order valence-corrected chi connectivity index (χ2v) is 4.99. The quantitative estimate of drug-likeness (QED) is 0.586. The number of ether oxygens (including phenoxy) is 2. The molecular weight excluding hydrogens is 202 g/mol. The SMILES string of the molecule is CCNCCCCCOCCOC(C)(C)C. The molecule has 0 spiro atoms. The van der Waals surface area contributed by atoms with Gasteiger partial charge in [-0.3, -0.25) is 0 Å². The van der Waals surface area contributed by atoms with Crippen LogP contribution in [-0.4, -0.2) is 38.5 Å². The minimum Gasteiger partial charge on any atom is -0.379 e. The summed E-state index contributed by atoms with van der Waals surface area (Å²) in [6.07, 6.45) is 3.64. The number of nitrogens with one attached hydrogen (secondary N) is 1. The third-order valence-corrected chi connectivity index (χ3v) is 2.15. The van der Waals surface area contributed by atoms with Crippen molar-refractivity contribution < 1.29 is 9.47 Å². The zero-order chi connectivity index (χ0) is 12.3. The number of rotatable bonds is 10. The minimum absolute atomic E-state index is 0.0464. The molecule has 0 fully saturated rings. The Morgan fingerprint density at radius 2 is 1.69 bits per heavy atom. The van der Waals surface area contributed by atoms with E-state index in [0.29, 0.717) is 13.2 Å². The van der Waals surface area contributed by atoms with Crippen LogP contribution in [0, 0.1) is 0 Å². The summed E-state index contributed by atoms with van der Waals surface area (Å²) < 4.78 is 11.0. The van der Waals surface area contributed by atoms with Crippen LogP contribution in [0.25, 0.3) is 0 Å². The fraction of sp³-hybridized carbons (Fsp3) is 1.00. The lowest BCUT2D eigenvalue weighted by Crippen LogP contribution is -2.21. The predicted octanol–water partition coefficient (Wildman–Crippen LogP) is 2.60. The second kappa shape index (κ2) is 10.1. The highest BCUT2D eigenvalue weighted by molar-refractivity contribution is 4.57. The topological polar surface area (TPSA) is 30.5 Å². The summed E-state index contributed by atoms with van der Waals surface area (Å²) in [7, 11) is 0. The van der Waals surface area contributed by atoms with Crippen molar-refractivity contribution in [2.24, 2.45) is 0 Å². The van der Waals surface area contributed by atoms with Gasteiger partial charge in [0.1, 0.15) is 0 Å². The normalized spacial score (nSPS) is 12.0. The molecule has 1 N–H and O–H groups in total. The molecule has 0 heterocycles. The smallest absolute Gasteiger partial charge is 0.0707 e. The van der Waals surface area contributed by atoms with E-state index in [1.165, 1.54) is 12.8 Å². The maximum atomic E-state index is 5.55. The van der Waals surface area contributed by atoms with E-state index < -0.39 is 0 Å². The summed E-state index contributed by atoms with van der Waals surface area (Å²) in [6.45, 7) is 12.8. The molecule has 0 aliphatic carbocycles. The van der Waals surface area contributed by atoms with Gasteiger partial charge < -0.3 is 14.8 Å². The van der Waals surface area contributed by atoms with Gasteiger partial charge in [0.05, 0.1) is 18.8 Å². The molecule has 0 bridgehead atoms. The summed E-state index contributed by atoms with van der Waals surface area (Å²) in [5.74, 6) is 0. The standard InChI is InChI=1S/C13H29NO2/c1-5-14-9-7-6-8-10-15-11-12-16-13(2,3)4/h14H,5-12H2,1-4H3. The molecule has 0 atom stereocenters. The molecule has 3 heteroatoms.